The molecule has 0 spiro atoms. The summed E-state index contributed by atoms with van der Waals surface area (Å²) in [6.07, 6.45) is 0. The summed E-state index contributed by atoms with van der Waals surface area (Å²) in [4.78, 5) is 25.5. The Labute approximate surface area is 175 Å². The van der Waals surface area contributed by atoms with Gasteiger partial charge in [-0.3, -0.25) is 9.59 Å². The molecular weight excluding hydrogens is 380 g/mol. The van der Waals surface area contributed by atoms with Crippen LogP contribution in [-0.4, -0.2) is 17.6 Å². The molecule has 3 aromatic rings. The Balaban J connectivity index is 1.51. The van der Waals surface area contributed by atoms with E-state index in [1.54, 1.807) is 0 Å². The molecule has 0 aliphatic rings. The molecule has 29 heavy (non-hydrogen) atoms. The molecule has 5 heteroatoms. The summed E-state index contributed by atoms with van der Waals surface area (Å²) in [7, 11) is 0. The van der Waals surface area contributed by atoms with Gasteiger partial charge in [0.15, 0.2) is 0 Å². The van der Waals surface area contributed by atoms with Crippen LogP contribution in [0.5, 0.6) is 0 Å². The van der Waals surface area contributed by atoms with Crippen LogP contribution >= 0.6 is 11.8 Å². The number of anilines is 2. The van der Waals surface area contributed by atoms with Crippen LogP contribution in [0.1, 0.15) is 27.0 Å². The van der Waals surface area contributed by atoms with Gasteiger partial charge in [0.05, 0.1) is 5.75 Å². The number of nitrogens with one attached hydrogen (secondary N) is 2. The highest BCUT2D eigenvalue weighted by Gasteiger charge is 2.07. The second kappa shape index (κ2) is 9.43. The number of benzene rings is 3. The molecule has 0 unspecified atom stereocenters. The molecule has 3 aromatic carbocycles. The van der Waals surface area contributed by atoms with Gasteiger partial charge in [0.25, 0.3) is 5.91 Å². The lowest BCUT2D eigenvalue weighted by atomic mass is 10.1. The number of carbonyl (C=O) groups is 2. The van der Waals surface area contributed by atoms with Crippen LogP contribution in [0.25, 0.3) is 0 Å². The van der Waals surface area contributed by atoms with Crippen LogP contribution in [-0.2, 0) is 4.79 Å². The number of hydrogen-bond acceptors (Lipinski definition) is 3. The van der Waals surface area contributed by atoms with Crippen molar-refractivity contribution in [1.29, 1.82) is 0 Å². The second-order valence-corrected chi connectivity index (χ2v) is 8.11. The van der Waals surface area contributed by atoms with Crippen molar-refractivity contribution < 1.29 is 9.59 Å². The number of rotatable bonds is 6. The fourth-order valence-corrected chi connectivity index (χ4v) is 3.63. The molecule has 2 N–H and O–H groups in total. The second-order valence-electron chi connectivity index (χ2n) is 7.06. The van der Waals surface area contributed by atoms with Crippen molar-refractivity contribution >= 4 is 35.0 Å². The van der Waals surface area contributed by atoms with Gasteiger partial charge in [0, 0.05) is 21.8 Å². The molecule has 0 aliphatic heterocycles. The lowest BCUT2D eigenvalue weighted by molar-refractivity contribution is -0.113. The van der Waals surface area contributed by atoms with E-state index in [0.717, 1.165) is 33.0 Å². The van der Waals surface area contributed by atoms with Crippen LogP contribution in [0, 0.1) is 20.8 Å². The quantitative estimate of drug-likeness (QED) is 0.526. The van der Waals surface area contributed by atoms with Gasteiger partial charge < -0.3 is 10.6 Å². The molecule has 0 aromatic heterocycles. The van der Waals surface area contributed by atoms with Gasteiger partial charge in [0.1, 0.15) is 0 Å². The van der Waals surface area contributed by atoms with Crippen molar-refractivity contribution in [2.75, 3.05) is 16.4 Å². The number of hydrogen-bond donors (Lipinski definition) is 2. The zero-order chi connectivity index (χ0) is 20.8. The topological polar surface area (TPSA) is 58.2 Å². The summed E-state index contributed by atoms with van der Waals surface area (Å²) in [6.45, 7) is 6.01. The third kappa shape index (κ3) is 6.22. The molecule has 2 amide bonds. The summed E-state index contributed by atoms with van der Waals surface area (Å²) in [5.41, 5.74) is 5.52. The summed E-state index contributed by atoms with van der Waals surface area (Å²) < 4.78 is 0. The highest BCUT2D eigenvalue weighted by atomic mass is 32.2. The predicted molar refractivity (Wildman–Crippen MR) is 121 cm³/mol. The standard InChI is InChI=1S/C24H24N2O2S/c1-16-4-6-19(7-5-16)24(28)26-20-8-10-22(11-9-20)29-15-23(27)25-21-13-17(2)12-18(3)14-21/h4-14H,15H2,1-3H3,(H,25,27)(H,26,28). The Morgan fingerprint density at radius 3 is 1.97 bits per heavy atom. The average Bonchev–Trinajstić information content (AvgIpc) is 2.67. The first-order chi connectivity index (χ1) is 13.9. The predicted octanol–water partition coefficient (Wildman–Crippen LogP) is 5.59. The summed E-state index contributed by atoms with van der Waals surface area (Å²) >= 11 is 1.46. The normalized spacial score (nSPS) is 10.4. The Hall–Kier alpha value is -3.05. The molecule has 148 valence electrons. The number of amides is 2. The van der Waals surface area contributed by atoms with E-state index in [1.165, 1.54) is 11.8 Å². The van der Waals surface area contributed by atoms with Crippen molar-refractivity contribution in [3.63, 3.8) is 0 Å². The molecule has 0 atom stereocenters. The largest absolute Gasteiger partial charge is 0.325 e. The van der Waals surface area contributed by atoms with E-state index in [2.05, 4.69) is 16.7 Å². The number of aryl methyl sites for hydroxylation is 3. The van der Waals surface area contributed by atoms with Gasteiger partial charge in [0.2, 0.25) is 5.91 Å². The van der Waals surface area contributed by atoms with E-state index in [9.17, 15) is 9.59 Å². The van der Waals surface area contributed by atoms with E-state index in [0.29, 0.717) is 11.3 Å². The maximum absolute atomic E-state index is 12.3. The SMILES string of the molecule is Cc1ccc(C(=O)Nc2ccc(SCC(=O)Nc3cc(C)cc(C)c3)cc2)cc1. The Bertz CT molecular complexity index is 992. The van der Waals surface area contributed by atoms with Gasteiger partial charge in [-0.15, -0.1) is 11.8 Å². The van der Waals surface area contributed by atoms with E-state index in [4.69, 9.17) is 0 Å². The molecular formula is C24H24N2O2S. The van der Waals surface area contributed by atoms with Crippen LogP contribution in [0.3, 0.4) is 0 Å². The average molecular weight is 405 g/mol. The van der Waals surface area contributed by atoms with E-state index in [-0.39, 0.29) is 11.8 Å². The molecule has 0 aliphatic carbocycles. The smallest absolute Gasteiger partial charge is 0.255 e. The molecule has 0 radical (unpaired) electrons. The van der Waals surface area contributed by atoms with Crippen molar-refractivity contribution in [2.45, 2.75) is 25.7 Å². The minimum atomic E-state index is -0.141. The Morgan fingerprint density at radius 2 is 1.34 bits per heavy atom. The third-order valence-corrected chi connectivity index (χ3v) is 5.31. The molecule has 0 saturated heterocycles. The fourth-order valence-electron chi connectivity index (χ4n) is 2.94. The molecule has 0 bridgehead atoms. The van der Waals surface area contributed by atoms with Gasteiger partial charge in [-0.25, -0.2) is 0 Å². The lowest BCUT2D eigenvalue weighted by Gasteiger charge is -2.08. The number of thioether (sulfide) groups is 1. The maximum Gasteiger partial charge on any atom is 0.255 e. The minimum absolute atomic E-state index is 0.0447. The zero-order valence-electron chi connectivity index (χ0n) is 16.8. The van der Waals surface area contributed by atoms with Gasteiger partial charge in [-0.2, -0.15) is 0 Å². The summed E-state index contributed by atoms with van der Waals surface area (Å²) in [6, 6.07) is 20.9. The highest BCUT2D eigenvalue weighted by molar-refractivity contribution is 8.00. The van der Waals surface area contributed by atoms with Crippen LogP contribution in [0.4, 0.5) is 11.4 Å². The lowest BCUT2D eigenvalue weighted by Crippen LogP contribution is -2.14. The van der Waals surface area contributed by atoms with Gasteiger partial charge in [-0.05, 0) is 80.4 Å². The van der Waals surface area contributed by atoms with Crippen molar-refractivity contribution in [2.24, 2.45) is 0 Å². The highest BCUT2D eigenvalue weighted by Crippen LogP contribution is 2.21. The van der Waals surface area contributed by atoms with E-state index in [1.807, 2.05) is 81.4 Å². The zero-order valence-corrected chi connectivity index (χ0v) is 17.6. The first-order valence-corrected chi connectivity index (χ1v) is 10.4. The van der Waals surface area contributed by atoms with Crippen LogP contribution < -0.4 is 10.6 Å². The van der Waals surface area contributed by atoms with E-state index < -0.39 is 0 Å². The molecule has 0 saturated carbocycles. The van der Waals surface area contributed by atoms with E-state index >= 15 is 0 Å². The fraction of sp³-hybridized carbons (Fsp3) is 0.167. The monoisotopic (exact) mass is 404 g/mol. The van der Waals surface area contributed by atoms with Crippen molar-refractivity contribution in [3.8, 4) is 0 Å². The third-order valence-electron chi connectivity index (χ3n) is 4.30. The molecule has 4 nitrogen and oxygen atoms in total. The Morgan fingerprint density at radius 1 is 0.724 bits per heavy atom. The Kier molecular flexibility index (Phi) is 6.73. The number of carbonyl (C=O) groups excluding carboxylic acids is 2. The minimum Gasteiger partial charge on any atom is -0.325 e. The van der Waals surface area contributed by atoms with Crippen LogP contribution in [0.15, 0.2) is 71.6 Å². The molecule has 0 fully saturated rings. The van der Waals surface area contributed by atoms with Crippen LogP contribution in [0.2, 0.25) is 0 Å². The maximum atomic E-state index is 12.3. The summed E-state index contributed by atoms with van der Waals surface area (Å²) in [5.74, 6) is 0.136. The van der Waals surface area contributed by atoms with Crippen molar-refractivity contribution in [1.82, 2.24) is 0 Å². The summed E-state index contributed by atoms with van der Waals surface area (Å²) in [5, 5.41) is 5.82. The first kappa shape index (κ1) is 20.7. The first-order valence-electron chi connectivity index (χ1n) is 9.38. The van der Waals surface area contributed by atoms with Gasteiger partial charge in [-0.1, -0.05) is 23.8 Å². The molecule has 0 heterocycles. The van der Waals surface area contributed by atoms with Gasteiger partial charge >= 0.3 is 0 Å². The van der Waals surface area contributed by atoms with Crippen molar-refractivity contribution in [3.05, 3.63) is 89.0 Å². The molecule has 3 rings (SSSR count).